The summed E-state index contributed by atoms with van der Waals surface area (Å²) in [7, 11) is 0. The van der Waals surface area contributed by atoms with Crippen molar-refractivity contribution in [2.24, 2.45) is 11.8 Å². The van der Waals surface area contributed by atoms with E-state index in [4.69, 9.17) is 4.74 Å². The van der Waals surface area contributed by atoms with Gasteiger partial charge in [-0.2, -0.15) is 0 Å². The third-order valence-electron chi connectivity index (χ3n) is 3.47. The van der Waals surface area contributed by atoms with Gasteiger partial charge in [0.1, 0.15) is 5.75 Å². The van der Waals surface area contributed by atoms with Crippen LogP contribution in [0.2, 0.25) is 0 Å². The highest BCUT2D eigenvalue weighted by atomic mass is 16.5. The lowest BCUT2D eigenvalue weighted by molar-refractivity contribution is 0.240. The van der Waals surface area contributed by atoms with Gasteiger partial charge in [0.25, 0.3) is 0 Å². The van der Waals surface area contributed by atoms with Crippen LogP contribution in [0.5, 0.6) is 5.75 Å². The van der Waals surface area contributed by atoms with Crippen molar-refractivity contribution in [1.29, 1.82) is 0 Å². The SMILES string of the molecule is CCNC(c1cncc(OC(C)C)c1)C(C)C(C)C. The van der Waals surface area contributed by atoms with Crippen molar-refractivity contribution in [2.75, 3.05) is 6.54 Å². The van der Waals surface area contributed by atoms with Gasteiger partial charge in [-0.1, -0.05) is 27.7 Å². The minimum atomic E-state index is 0.178. The van der Waals surface area contributed by atoms with E-state index < -0.39 is 0 Å². The lowest BCUT2D eigenvalue weighted by Crippen LogP contribution is -2.29. The maximum atomic E-state index is 5.73. The van der Waals surface area contributed by atoms with Crippen LogP contribution in [-0.2, 0) is 0 Å². The van der Waals surface area contributed by atoms with E-state index in [0.29, 0.717) is 17.9 Å². The molecule has 108 valence electrons. The second-order valence-electron chi connectivity index (χ2n) is 5.76. The van der Waals surface area contributed by atoms with Gasteiger partial charge in [0.2, 0.25) is 0 Å². The van der Waals surface area contributed by atoms with E-state index in [9.17, 15) is 0 Å². The summed E-state index contributed by atoms with van der Waals surface area (Å²) in [6.07, 6.45) is 3.91. The van der Waals surface area contributed by atoms with Crippen LogP contribution < -0.4 is 10.1 Å². The van der Waals surface area contributed by atoms with Gasteiger partial charge in [-0.05, 0) is 43.9 Å². The molecule has 2 atom stereocenters. The summed E-state index contributed by atoms with van der Waals surface area (Å²) >= 11 is 0. The van der Waals surface area contributed by atoms with E-state index in [1.54, 1.807) is 6.20 Å². The van der Waals surface area contributed by atoms with Gasteiger partial charge in [-0.25, -0.2) is 0 Å². The third kappa shape index (κ3) is 4.83. The normalized spacial score (nSPS) is 14.7. The van der Waals surface area contributed by atoms with Crippen molar-refractivity contribution in [3.8, 4) is 5.75 Å². The van der Waals surface area contributed by atoms with Gasteiger partial charge >= 0.3 is 0 Å². The van der Waals surface area contributed by atoms with Gasteiger partial charge < -0.3 is 10.1 Å². The molecule has 0 saturated heterocycles. The molecule has 0 radical (unpaired) electrons. The Hall–Kier alpha value is -1.09. The minimum Gasteiger partial charge on any atom is -0.489 e. The van der Waals surface area contributed by atoms with Crippen molar-refractivity contribution in [2.45, 2.75) is 53.7 Å². The van der Waals surface area contributed by atoms with E-state index in [0.717, 1.165) is 12.3 Å². The van der Waals surface area contributed by atoms with Gasteiger partial charge in [0.05, 0.1) is 12.3 Å². The van der Waals surface area contributed by atoms with Crippen LogP contribution in [0, 0.1) is 11.8 Å². The highest BCUT2D eigenvalue weighted by molar-refractivity contribution is 5.26. The molecule has 0 aliphatic heterocycles. The maximum Gasteiger partial charge on any atom is 0.138 e. The Morgan fingerprint density at radius 2 is 1.84 bits per heavy atom. The van der Waals surface area contributed by atoms with Crippen LogP contribution in [0.25, 0.3) is 0 Å². The smallest absolute Gasteiger partial charge is 0.138 e. The lowest BCUT2D eigenvalue weighted by Gasteiger charge is -2.28. The standard InChI is InChI=1S/C16H28N2O/c1-7-18-16(13(6)11(2)3)14-8-15(10-17-9-14)19-12(4)5/h8-13,16,18H,7H2,1-6H3. The zero-order valence-electron chi connectivity index (χ0n) is 13.1. The number of hydrogen-bond acceptors (Lipinski definition) is 3. The molecule has 2 unspecified atom stereocenters. The second kappa shape index (κ2) is 7.49. The minimum absolute atomic E-state index is 0.178. The summed E-state index contributed by atoms with van der Waals surface area (Å²) in [4.78, 5) is 4.32. The molecule has 0 bridgehead atoms. The number of aromatic nitrogens is 1. The Morgan fingerprint density at radius 1 is 1.16 bits per heavy atom. The van der Waals surface area contributed by atoms with Gasteiger partial charge in [-0.3, -0.25) is 4.98 Å². The molecular formula is C16H28N2O. The summed E-state index contributed by atoms with van der Waals surface area (Å²) in [6.45, 7) is 14.0. The highest BCUT2D eigenvalue weighted by Gasteiger charge is 2.21. The van der Waals surface area contributed by atoms with Crippen LogP contribution in [0.1, 0.15) is 53.1 Å². The highest BCUT2D eigenvalue weighted by Crippen LogP contribution is 2.29. The Bertz CT molecular complexity index is 377. The van der Waals surface area contributed by atoms with Crippen molar-refractivity contribution in [3.05, 3.63) is 24.0 Å². The number of hydrogen-bond donors (Lipinski definition) is 1. The maximum absolute atomic E-state index is 5.73. The van der Waals surface area contributed by atoms with Crippen LogP contribution in [0.15, 0.2) is 18.5 Å². The van der Waals surface area contributed by atoms with Gasteiger partial charge in [-0.15, -0.1) is 0 Å². The first-order valence-electron chi connectivity index (χ1n) is 7.30. The first-order chi connectivity index (χ1) is 8.95. The molecule has 1 aromatic rings. The van der Waals surface area contributed by atoms with Crippen molar-refractivity contribution in [1.82, 2.24) is 10.3 Å². The Balaban J connectivity index is 2.95. The third-order valence-corrected chi connectivity index (χ3v) is 3.47. The van der Waals surface area contributed by atoms with E-state index >= 15 is 0 Å². The molecule has 19 heavy (non-hydrogen) atoms. The predicted molar refractivity (Wildman–Crippen MR) is 80.4 cm³/mol. The molecule has 1 heterocycles. The van der Waals surface area contributed by atoms with Crippen molar-refractivity contribution in [3.63, 3.8) is 0 Å². The fraction of sp³-hybridized carbons (Fsp3) is 0.688. The Labute approximate surface area is 117 Å². The number of nitrogens with one attached hydrogen (secondary N) is 1. The fourth-order valence-corrected chi connectivity index (χ4v) is 2.15. The van der Waals surface area contributed by atoms with Crippen LogP contribution in [0.4, 0.5) is 0 Å². The molecule has 0 amide bonds. The molecular weight excluding hydrogens is 236 g/mol. The molecule has 1 aromatic heterocycles. The number of rotatable bonds is 7. The first-order valence-corrected chi connectivity index (χ1v) is 7.30. The predicted octanol–water partition coefficient (Wildman–Crippen LogP) is 3.81. The van der Waals surface area contributed by atoms with E-state index in [1.807, 2.05) is 20.0 Å². The van der Waals surface area contributed by atoms with E-state index in [1.165, 1.54) is 5.56 Å². The first kappa shape index (κ1) is 16.0. The van der Waals surface area contributed by atoms with Crippen LogP contribution >= 0.6 is 0 Å². The molecule has 0 aliphatic carbocycles. The molecule has 0 saturated carbocycles. The summed E-state index contributed by atoms with van der Waals surface area (Å²) in [5.74, 6) is 2.03. The molecule has 0 aliphatic rings. The zero-order chi connectivity index (χ0) is 14.4. The number of pyridine rings is 1. The summed E-state index contributed by atoms with van der Waals surface area (Å²) in [5.41, 5.74) is 1.21. The zero-order valence-corrected chi connectivity index (χ0v) is 13.1. The average molecular weight is 264 g/mol. The molecule has 0 fully saturated rings. The molecule has 0 aromatic carbocycles. The van der Waals surface area contributed by atoms with Crippen LogP contribution in [0.3, 0.4) is 0 Å². The quantitative estimate of drug-likeness (QED) is 0.813. The molecule has 3 nitrogen and oxygen atoms in total. The molecule has 0 spiro atoms. The van der Waals surface area contributed by atoms with Gasteiger partial charge in [0, 0.05) is 12.2 Å². The topological polar surface area (TPSA) is 34.2 Å². The van der Waals surface area contributed by atoms with Crippen molar-refractivity contribution >= 4 is 0 Å². The Morgan fingerprint density at radius 3 is 2.37 bits per heavy atom. The average Bonchev–Trinajstić information content (AvgIpc) is 2.34. The largest absolute Gasteiger partial charge is 0.489 e. The Kier molecular flexibility index (Phi) is 6.29. The second-order valence-corrected chi connectivity index (χ2v) is 5.76. The van der Waals surface area contributed by atoms with Crippen molar-refractivity contribution < 1.29 is 4.74 Å². The summed E-state index contributed by atoms with van der Waals surface area (Å²) in [6, 6.07) is 2.44. The van der Waals surface area contributed by atoms with Crippen LogP contribution in [-0.4, -0.2) is 17.6 Å². The van der Waals surface area contributed by atoms with E-state index in [2.05, 4.69) is 44.1 Å². The van der Waals surface area contributed by atoms with Gasteiger partial charge in [0.15, 0.2) is 0 Å². The summed E-state index contributed by atoms with van der Waals surface area (Å²) < 4.78 is 5.73. The fourth-order valence-electron chi connectivity index (χ4n) is 2.15. The molecule has 1 N–H and O–H groups in total. The summed E-state index contributed by atoms with van der Waals surface area (Å²) in [5, 5.41) is 3.56. The molecule has 1 rings (SSSR count). The lowest BCUT2D eigenvalue weighted by atomic mass is 9.86. The monoisotopic (exact) mass is 264 g/mol. The van der Waals surface area contributed by atoms with E-state index in [-0.39, 0.29) is 6.10 Å². The number of nitrogens with zero attached hydrogens (tertiary/aromatic N) is 1. The number of ether oxygens (including phenoxy) is 1. The molecule has 3 heteroatoms.